The number of aliphatic hydroxyl groups is 1. The topological polar surface area (TPSA) is 66.3 Å². The Labute approximate surface area is 194 Å². The molecule has 8 heteroatoms. The minimum absolute atomic E-state index is 0. The van der Waals surface area contributed by atoms with Gasteiger partial charge in [0.2, 0.25) is 0 Å². The van der Waals surface area contributed by atoms with Crippen molar-refractivity contribution in [3.05, 3.63) is 58.6 Å². The lowest BCUT2D eigenvalue weighted by Gasteiger charge is -2.22. The second-order valence-electron chi connectivity index (χ2n) is 6.21. The number of benzene rings is 2. The second-order valence-corrected chi connectivity index (χ2v) is 6.65. The van der Waals surface area contributed by atoms with Crippen LogP contribution in [0.15, 0.2) is 47.5 Å². The zero-order valence-electron chi connectivity index (χ0n) is 17.0. The van der Waals surface area contributed by atoms with Crippen molar-refractivity contribution in [3.63, 3.8) is 0 Å². The summed E-state index contributed by atoms with van der Waals surface area (Å²) in [4.78, 5) is 6.81. The van der Waals surface area contributed by atoms with Gasteiger partial charge < -0.3 is 24.8 Å². The summed E-state index contributed by atoms with van der Waals surface area (Å²) in [6.45, 7) is 4.24. The number of guanidine groups is 1. The van der Waals surface area contributed by atoms with Crippen LogP contribution in [-0.4, -0.2) is 49.9 Å². The van der Waals surface area contributed by atoms with Gasteiger partial charge in [0.25, 0.3) is 0 Å². The van der Waals surface area contributed by atoms with Crippen LogP contribution in [0.4, 0.5) is 0 Å². The molecule has 0 atom stereocenters. The molecule has 2 N–H and O–H groups in total. The number of nitrogens with zero attached hydrogens (tertiary/aromatic N) is 2. The third-order valence-electron chi connectivity index (χ3n) is 4.02. The fraction of sp³-hybridized carbons (Fsp3) is 0.381. The van der Waals surface area contributed by atoms with E-state index in [0.29, 0.717) is 18.0 Å². The lowest BCUT2D eigenvalue weighted by Crippen LogP contribution is -2.38. The summed E-state index contributed by atoms with van der Waals surface area (Å²) in [5, 5.41) is 13.0. The van der Waals surface area contributed by atoms with Gasteiger partial charge in [-0.15, -0.1) is 24.0 Å². The Morgan fingerprint density at radius 3 is 2.45 bits per heavy atom. The highest BCUT2D eigenvalue weighted by Crippen LogP contribution is 2.28. The molecule has 0 aliphatic heterocycles. The number of rotatable bonds is 9. The molecule has 0 bridgehead atoms. The van der Waals surface area contributed by atoms with Gasteiger partial charge in [-0.2, -0.15) is 0 Å². The van der Waals surface area contributed by atoms with Crippen LogP contribution in [-0.2, 0) is 13.1 Å². The first kappa shape index (κ1) is 25.3. The van der Waals surface area contributed by atoms with Crippen LogP contribution in [0.1, 0.15) is 18.1 Å². The second kappa shape index (κ2) is 13.5. The van der Waals surface area contributed by atoms with Crippen LogP contribution in [0, 0.1) is 0 Å². The van der Waals surface area contributed by atoms with Gasteiger partial charge in [0.15, 0.2) is 17.5 Å². The molecular weight excluding hydrogens is 505 g/mol. The lowest BCUT2D eigenvalue weighted by molar-refractivity contribution is 0.196. The van der Waals surface area contributed by atoms with Crippen molar-refractivity contribution in [3.8, 4) is 11.5 Å². The fourth-order valence-electron chi connectivity index (χ4n) is 2.66. The van der Waals surface area contributed by atoms with Crippen LogP contribution in [0.5, 0.6) is 11.5 Å². The summed E-state index contributed by atoms with van der Waals surface area (Å²) < 4.78 is 10.9. The molecule has 0 aliphatic carbocycles. The van der Waals surface area contributed by atoms with E-state index in [-0.39, 0.29) is 37.2 Å². The highest BCUT2D eigenvalue weighted by atomic mass is 127. The van der Waals surface area contributed by atoms with Crippen molar-refractivity contribution in [1.29, 1.82) is 0 Å². The smallest absolute Gasteiger partial charge is 0.194 e. The lowest BCUT2D eigenvalue weighted by atomic mass is 10.2. The van der Waals surface area contributed by atoms with Crippen LogP contribution >= 0.6 is 35.6 Å². The highest BCUT2D eigenvalue weighted by molar-refractivity contribution is 14.0. The number of methoxy groups -OCH3 is 1. The van der Waals surface area contributed by atoms with Crippen LogP contribution < -0.4 is 14.8 Å². The molecule has 0 amide bonds. The number of hydrogen-bond donors (Lipinski definition) is 2. The van der Waals surface area contributed by atoms with E-state index in [1.165, 1.54) is 0 Å². The Morgan fingerprint density at radius 1 is 1.14 bits per heavy atom. The summed E-state index contributed by atoms with van der Waals surface area (Å²) in [5.74, 6) is 2.05. The highest BCUT2D eigenvalue weighted by Gasteiger charge is 2.09. The van der Waals surface area contributed by atoms with Gasteiger partial charge in [0.1, 0.15) is 6.61 Å². The average Bonchev–Trinajstić information content (AvgIpc) is 2.71. The van der Waals surface area contributed by atoms with Crippen molar-refractivity contribution in [2.24, 2.45) is 4.99 Å². The molecule has 0 saturated carbocycles. The van der Waals surface area contributed by atoms with E-state index in [4.69, 9.17) is 31.2 Å². The molecule has 0 aliphatic rings. The monoisotopic (exact) mass is 533 g/mol. The summed E-state index contributed by atoms with van der Waals surface area (Å²) in [7, 11) is 3.60. The third-order valence-corrected chi connectivity index (χ3v) is 4.27. The van der Waals surface area contributed by atoms with E-state index < -0.39 is 0 Å². The van der Waals surface area contributed by atoms with Crippen molar-refractivity contribution < 1.29 is 14.6 Å². The van der Waals surface area contributed by atoms with Crippen molar-refractivity contribution >= 4 is 41.5 Å². The summed E-state index contributed by atoms with van der Waals surface area (Å²) in [5.41, 5.74) is 2.16. The predicted molar refractivity (Wildman–Crippen MR) is 129 cm³/mol. The van der Waals surface area contributed by atoms with Crippen LogP contribution in [0.3, 0.4) is 0 Å². The Morgan fingerprint density at radius 2 is 1.83 bits per heavy atom. The number of hydrogen-bond acceptors (Lipinski definition) is 4. The van der Waals surface area contributed by atoms with Crippen molar-refractivity contribution in [1.82, 2.24) is 10.2 Å². The molecule has 0 aromatic heterocycles. The minimum Gasteiger partial charge on any atom is -0.493 e. The van der Waals surface area contributed by atoms with Gasteiger partial charge in [-0.3, -0.25) is 0 Å². The van der Waals surface area contributed by atoms with E-state index in [9.17, 15) is 0 Å². The van der Waals surface area contributed by atoms with E-state index in [2.05, 4.69) is 10.2 Å². The van der Waals surface area contributed by atoms with Gasteiger partial charge in [-0.1, -0.05) is 29.8 Å². The first-order chi connectivity index (χ1) is 13.6. The number of ether oxygens (including phenoxy) is 2. The Bertz CT molecular complexity index is 772. The van der Waals surface area contributed by atoms with E-state index in [0.717, 1.165) is 35.2 Å². The van der Waals surface area contributed by atoms with E-state index in [1.807, 2.05) is 56.4 Å². The number of aliphatic hydroxyl groups excluding tert-OH is 1. The largest absolute Gasteiger partial charge is 0.493 e. The fourth-order valence-corrected chi connectivity index (χ4v) is 2.79. The molecule has 0 fully saturated rings. The Balaban J connectivity index is 0.00000420. The van der Waals surface area contributed by atoms with Crippen LogP contribution in [0.2, 0.25) is 5.02 Å². The molecule has 0 heterocycles. The zero-order chi connectivity index (χ0) is 20.4. The van der Waals surface area contributed by atoms with Crippen molar-refractivity contribution in [2.45, 2.75) is 20.0 Å². The van der Waals surface area contributed by atoms with Gasteiger partial charge in [-0.25, -0.2) is 4.99 Å². The quantitative estimate of drug-likeness (QED) is 0.290. The maximum atomic E-state index is 8.91. The molecule has 0 unspecified atom stereocenters. The van der Waals surface area contributed by atoms with Crippen molar-refractivity contribution in [2.75, 3.05) is 33.9 Å². The normalized spacial score (nSPS) is 10.9. The first-order valence-corrected chi connectivity index (χ1v) is 9.59. The van der Waals surface area contributed by atoms with E-state index >= 15 is 0 Å². The summed E-state index contributed by atoms with van der Waals surface area (Å²) >= 11 is 5.96. The molecule has 0 spiro atoms. The zero-order valence-corrected chi connectivity index (χ0v) is 20.1. The van der Waals surface area contributed by atoms with E-state index in [1.54, 1.807) is 7.11 Å². The molecule has 2 aromatic rings. The molecule has 0 radical (unpaired) electrons. The van der Waals surface area contributed by atoms with Gasteiger partial charge in [-0.05, 0) is 42.3 Å². The number of nitrogens with one attached hydrogen (secondary N) is 1. The Kier molecular flexibility index (Phi) is 11.8. The molecular formula is C21H29ClIN3O3. The average molecular weight is 534 g/mol. The number of halogens is 2. The first-order valence-electron chi connectivity index (χ1n) is 9.21. The SMILES string of the molecule is CCNC(=NCc1ccc(OCCO)c(OC)c1)N(C)Cc1ccc(Cl)cc1.I. The standard InChI is InChI=1S/C21H28ClN3O3.HI/c1-4-23-21(25(2)15-16-5-8-18(22)9-6-16)24-14-17-7-10-19(28-12-11-26)20(13-17)27-3;/h5-10,13,26H,4,11-12,14-15H2,1-3H3,(H,23,24);1H. The molecule has 160 valence electrons. The molecule has 2 rings (SSSR count). The predicted octanol–water partition coefficient (Wildman–Crippen LogP) is 3.94. The van der Waals surface area contributed by atoms with Gasteiger partial charge in [0.05, 0.1) is 20.3 Å². The Hall–Kier alpha value is -1.71. The summed E-state index contributed by atoms with van der Waals surface area (Å²) in [6, 6.07) is 13.5. The van der Waals surface area contributed by atoms with Crippen LogP contribution in [0.25, 0.3) is 0 Å². The molecule has 0 saturated heterocycles. The minimum atomic E-state index is -0.0405. The summed E-state index contributed by atoms with van der Waals surface area (Å²) in [6.07, 6.45) is 0. The maximum absolute atomic E-state index is 8.91. The van der Waals surface area contributed by atoms with Gasteiger partial charge >= 0.3 is 0 Å². The maximum Gasteiger partial charge on any atom is 0.194 e. The molecule has 2 aromatic carbocycles. The molecule has 6 nitrogen and oxygen atoms in total. The molecule has 29 heavy (non-hydrogen) atoms. The number of aliphatic imine (C=N–C) groups is 1. The third kappa shape index (κ3) is 8.28. The van der Waals surface area contributed by atoms with Gasteiger partial charge in [0, 0.05) is 25.2 Å².